The van der Waals surface area contributed by atoms with Gasteiger partial charge in [0.25, 0.3) is 0 Å². The number of likely N-dealkylation sites (N-methyl/N-ethyl adjacent to an activating group) is 1. The molecule has 0 radical (unpaired) electrons. The summed E-state index contributed by atoms with van der Waals surface area (Å²) in [6, 6.07) is 4.58. The van der Waals surface area contributed by atoms with Gasteiger partial charge in [-0.05, 0) is 51.8 Å². The number of fused-ring (bicyclic) bond motifs is 1. The van der Waals surface area contributed by atoms with E-state index in [0.717, 1.165) is 12.8 Å². The second-order valence-corrected chi connectivity index (χ2v) is 10.5. The van der Waals surface area contributed by atoms with Gasteiger partial charge in [0.05, 0.1) is 25.6 Å². The van der Waals surface area contributed by atoms with Gasteiger partial charge < -0.3 is 34.8 Å². The van der Waals surface area contributed by atoms with E-state index >= 15 is 0 Å². The largest absolute Gasteiger partial charge is 0.488 e. The standard InChI is InChI=1S/C27H37N5O6/c1-15-12-32(16(2)14-33)24(34)11-20-10-21(28-26(35)19-6-7-19)8-9-22(20)37-23(15)13-31(5)27(36)29-25-17(3)30-38-18(25)4/h8-10,15-16,19,23,33H,6-7,11-14H2,1-5H3,(H,28,35)(H,29,36)/t15-,16+,23+/m1/s1. The van der Waals surface area contributed by atoms with Crippen molar-refractivity contribution in [2.45, 2.75) is 59.1 Å². The zero-order chi connectivity index (χ0) is 27.6. The molecule has 2 aromatic rings. The van der Waals surface area contributed by atoms with E-state index in [1.165, 1.54) is 4.90 Å². The van der Waals surface area contributed by atoms with Crippen LogP contribution in [-0.4, -0.2) is 76.8 Å². The Morgan fingerprint density at radius 2 is 2.00 bits per heavy atom. The molecule has 1 saturated carbocycles. The number of hydrogen-bond acceptors (Lipinski definition) is 7. The summed E-state index contributed by atoms with van der Waals surface area (Å²) in [5.41, 5.74) is 2.37. The van der Waals surface area contributed by atoms with E-state index in [9.17, 15) is 19.5 Å². The highest BCUT2D eigenvalue weighted by Crippen LogP contribution is 2.32. The Morgan fingerprint density at radius 1 is 1.26 bits per heavy atom. The van der Waals surface area contributed by atoms with E-state index in [0.29, 0.717) is 40.7 Å². The van der Waals surface area contributed by atoms with Crippen LogP contribution in [0.1, 0.15) is 43.7 Å². The number of nitrogens with zero attached hydrogens (tertiary/aromatic N) is 3. The van der Waals surface area contributed by atoms with Crippen LogP contribution in [0.2, 0.25) is 0 Å². The van der Waals surface area contributed by atoms with Gasteiger partial charge in [0.2, 0.25) is 11.8 Å². The van der Waals surface area contributed by atoms with Crippen molar-refractivity contribution < 1.29 is 28.8 Å². The number of benzene rings is 1. The Balaban J connectivity index is 1.58. The Labute approximate surface area is 222 Å². The molecule has 11 nitrogen and oxygen atoms in total. The van der Waals surface area contributed by atoms with E-state index in [1.807, 2.05) is 6.92 Å². The van der Waals surface area contributed by atoms with Crippen LogP contribution < -0.4 is 15.4 Å². The first-order chi connectivity index (χ1) is 18.1. The molecule has 3 N–H and O–H groups in total. The van der Waals surface area contributed by atoms with Crippen LogP contribution in [0.15, 0.2) is 22.7 Å². The van der Waals surface area contributed by atoms with Crippen LogP contribution in [-0.2, 0) is 16.0 Å². The van der Waals surface area contributed by atoms with Gasteiger partial charge in [-0.1, -0.05) is 12.1 Å². The molecule has 1 aliphatic heterocycles. The minimum atomic E-state index is -0.458. The second kappa shape index (κ2) is 11.4. The maximum absolute atomic E-state index is 13.3. The van der Waals surface area contributed by atoms with Gasteiger partial charge in [-0.3, -0.25) is 9.59 Å². The van der Waals surface area contributed by atoms with E-state index < -0.39 is 6.10 Å². The Hall–Kier alpha value is -3.60. The Bertz CT molecular complexity index is 1170. The molecule has 2 aliphatic rings. The first-order valence-electron chi connectivity index (χ1n) is 13.0. The third-order valence-electron chi connectivity index (χ3n) is 7.20. The number of aliphatic hydroxyl groups is 1. The molecule has 2 heterocycles. The number of hydrogen-bond donors (Lipinski definition) is 3. The van der Waals surface area contributed by atoms with Gasteiger partial charge >= 0.3 is 6.03 Å². The van der Waals surface area contributed by atoms with Crippen molar-refractivity contribution in [1.82, 2.24) is 15.0 Å². The minimum Gasteiger partial charge on any atom is -0.488 e. The van der Waals surface area contributed by atoms with Gasteiger partial charge in [-0.2, -0.15) is 0 Å². The molecule has 3 atom stereocenters. The molecule has 206 valence electrons. The predicted octanol–water partition coefficient (Wildman–Crippen LogP) is 2.95. The van der Waals surface area contributed by atoms with Crippen LogP contribution in [0.4, 0.5) is 16.2 Å². The maximum atomic E-state index is 13.3. The second-order valence-electron chi connectivity index (χ2n) is 10.5. The average Bonchev–Trinajstić information content (AvgIpc) is 3.69. The van der Waals surface area contributed by atoms with E-state index in [1.54, 1.807) is 50.9 Å². The molecule has 0 spiro atoms. The van der Waals surface area contributed by atoms with Gasteiger partial charge in [-0.15, -0.1) is 0 Å². The van der Waals surface area contributed by atoms with Crippen molar-refractivity contribution in [3.8, 4) is 5.75 Å². The fourth-order valence-corrected chi connectivity index (χ4v) is 4.53. The summed E-state index contributed by atoms with van der Waals surface area (Å²) in [5, 5.41) is 19.5. The third kappa shape index (κ3) is 6.27. The van der Waals surface area contributed by atoms with Crippen molar-refractivity contribution in [3.05, 3.63) is 35.2 Å². The molecular formula is C27H37N5O6. The number of aliphatic hydroxyl groups excluding tert-OH is 1. The number of carbonyl (C=O) groups excluding carboxylic acids is 3. The molecule has 4 amide bonds. The monoisotopic (exact) mass is 527 g/mol. The first-order valence-corrected chi connectivity index (χ1v) is 13.0. The summed E-state index contributed by atoms with van der Waals surface area (Å²) < 4.78 is 11.6. The van der Waals surface area contributed by atoms with Crippen molar-refractivity contribution in [3.63, 3.8) is 0 Å². The number of aromatic nitrogens is 1. The molecule has 1 aromatic carbocycles. The fraction of sp³-hybridized carbons (Fsp3) is 0.556. The Kier molecular flexibility index (Phi) is 8.25. The maximum Gasteiger partial charge on any atom is 0.321 e. The minimum absolute atomic E-state index is 0.0202. The van der Waals surface area contributed by atoms with Gasteiger partial charge in [0.1, 0.15) is 23.2 Å². The number of urea groups is 1. The highest BCUT2D eigenvalue weighted by Gasteiger charge is 2.33. The topological polar surface area (TPSA) is 137 Å². The van der Waals surface area contributed by atoms with Gasteiger partial charge in [0.15, 0.2) is 5.76 Å². The Morgan fingerprint density at radius 3 is 2.63 bits per heavy atom. The molecule has 38 heavy (non-hydrogen) atoms. The summed E-state index contributed by atoms with van der Waals surface area (Å²) in [5.74, 6) is 0.769. The zero-order valence-corrected chi connectivity index (χ0v) is 22.6. The SMILES string of the molecule is Cc1noc(C)c1NC(=O)N(C)C[C@@H]1Oc2ccc(NC(=O)C3CC3)cc2CC(=O)N([C@@H](C)CO)C[C@H]1C. The summed E-state index contributed by atoms with van der Waals surface area (Å²) in [6.07, 6.45) is 1.39. The van der Waals surface area contributed by atoms with Crippen molar-refractivity contribution in [2.75, 3.05) is 37.4 Å². The van der Waals surface area contributed by atoms with Crippen LogP contribution in [0.3, 0.4) is 0 Å². The fourth-order valence-electron chi connectivity index (χ4n) is 4.53. The molecule has 0 bridgehead atoms. The number of rotatable bonds is 7. The lowest BCUT2D eigenvalue weighted by molar-refractivity contribution is -0.134. The van der Waals surface area contributed by atoms with E-state index in [-0.39, 0.29) is 55.3 Å². The molecular weight excluding hydrogens is 490 g/mol. The van der Waals surface area contributed by atoms with Crippen molar-refractivity contribution >= 4 is 29.2 Å². The van der Waals surface area contributed by atoms with E-state index in [2.05, 4.69) is 15.8 Å². The normalized spacial score (nSPS) is 20.4. The molecule has 0 unspecified atom stereocenters. The van der Waals surface area contributed by atoms with Crippen LogP contribution in [0.5, 0.6) is 5.75 Å². The lowest BCUT2D eigenvalue weighted by Crippen LogP contribution is -2.48. The van der Waals surface area contributed by atoms with Gasteiger partial charge in [-0.25, -0.2) is 4.79 Å². The van der Waals surface area contributed by atoms with Crippen LogP contribution >= 0.6 is 0 Å². The van der Waals surface area contributed by atoms with Gasteiger partial charge in [0, 0.05) is 36.7 Å². The summed E-state index contributed by atoms with van der Waals surface area (Å²) in [4.78, 5) is 41.8. The van der Waals surface area contributed by atoms with E-state index in [4.69, 9.17) is 9.26 Å². The average molecular weight is 528 g/mol. The highest BCUT2D eigenvalue weighted by atomic mass is 16.5. The highest BCUT2D eigenvalue weighted by molar-refractivity contribution is 5.94. The molecule has 1 aliphatic carbocycles. The number of nitrogens with one attached hydrogen (secondary N) is 2. The number of carbonyl (C=O) groups is 3. The lowest BCUT2D eigenvalue weighted by atomic mass is 10.0. The first kappa shape index (κ1) is 27.4. The molecule has 1 fully saturated rings. The summed E-state index contributed by atoms with van der Waals surface area (Å²) >= 11 is 0. The third-order valence-corrected chi connectivity index (χ3v) is 7.20. The molecule has 4 rings (SSSR count). The molecule has 1 aromatic heterocycles. The predicted molar refractivity (Wildman–Crippen MR) is 141 cm³/mol. The number of anilines is 2. The quantitative estimate of drug-likeness (QED) is 0.503. The smallest absolute Gasteiger partial charge is 0.321 e. The summed E-state index contributed by atoms with van der Waals surface area (Å²) in [7, 11) is 1.67. The molecule has 0 saturated heterocycles. The number of amides is 4. The van der Waals surface area contributed by atoms with Crippen LogP contribution in [0.25, 0.3) is 0 Å². The number of aryl methyl sites for hydroxylation is 2. The number of ether oxygens (including phenoxy) is 1. The zero-order valence-electron chi connectivity index (χ0n) is 22.6. The lowest BCUT2D eigenvalue weighted by Gasteiger charge is -2.34. The van der Waals surface area contributed by atoms with Crippen molar-refractivity contribution in [2.24, 2.45) is 11.8 Å². The van der Waals surface area contributed by atoms with Crippen molar-refractivity contribution in [1.29, 1.82) is 0 Å². The molecule has 11 heteroatoms. The summed E-state index contributed by atoms with van der Waals surface area (Å²) in [6.45, 7) is 7.66. The van der Waals surface area contributed by atoms with Crippen LogP contribution in [0, 0.1) is 25.7 Å².